The first-order valence-electron chi connectivity index (χ1n) is 15.8. The van der Waals surface area contributed by atoms with Crippen LogP contribution in [0.3, 0.4) is 0 Å². The van der Waals surface area contributed by atoms with Gasteiger partial charge in [-0.3, -0.25) is 0 Å². The summed E-state index contributed by atoms with van der Waals surface area (Å²) in [7, 11) is 0. The van der Waals surface area contributed by atoms with Crippen molar-refractivity contribution in [1.29, 1.82) is 0 Å². The van der Waals surface area contributed by atoms with E-state index in [1.807, 2.05) is 36.4 Å². The predicted molar refractivity (Wildman–Crippen MR) is 193 cm³/mol. The molecule has 0 saturated carbocycles. The zero-order valence-corrected chi connectivity index (χ0v) is 27.9. The van der Waals surface area contributed by atoms with Crippen LogP contribution in [0.5, 0.6) is 0 Å². The largest absolute Gasteiger partial charge is 0.0802 e. The molecule has 0 bridgehead atoms. The smallest absolute Gasteiger partial charge is 0.0117 e. The lowest BCUT2D eigenvalue weighted by Crippen LogP contribution is -2.22. The van der Waals surface area contributed by atoms with Crippen molar-refractivity contribution in [2.75, 3.05) is 0 Å². The lowest BCUT2D eigenvalue weighted by atomic mass is 9.73. The predicted octanol–water partition coefficient (Wildman–Crippen LogP) is 12.5. The monoisotopic (exact) mass is 576 g/mol. The van der Waals surface area contributed by atoms with Crippen molar-refractivity contribution >= 4 is 0 Å². The fraction of sp³-hybridized carbons (Fsp3) is 0.227. The zero-order chi connectivity index (χ0) is 31.7. The second kappa shape index (κ2) is 14.8. The third-order valence-electron chi connectivity index (χ3n) is 8.72. The van der Waals surface area contributed by atoms with Gasteiger partial charge in [0.1, 0.15) is 0 Å². The molecule has 44 heavy (non-hydrogen) atoms. The maximum absolute atomic E-state index is 2.38. The van der Waals surface area contributed by atoms with Gasteiger partial charge in [-0.05, 0) is 93.0 Å². The van der Waals surface area contributed by atoms with Gasteiger partial charge in [-0.1, -0.05) is 169 Å². The van der Waals surface area contributed by atoms with Gasteiger partial charge in [0.2, 0.25) is 0 Å². The molecule has 0 amide bonds. The van der Waals surface area contributed by atoms with E-state index >= 15 is 0 Å². The summed E-state index contributed by atoms with van der Waals surface area (Å²) < 4.78 is 0. The molecule has 0 saturated heterocycles. The first-order chi connectivity index (χ1) is 21.1. The minimum absolute atomic E-state index is 0.0240. The molecule has 0 nitrogen and oxygen atoms in total. The topological polar surface area (TPSA) is 0 Å². The van der Waals surface area contributed by atoms with Gasteiger partial charge in [0.25, 0.3) is 0 Å². The number of aryl methyl sites for hydroxylation is 4. The lowest BCUT2D eigenvalue weighted by Gasteiger charge is -2.31. The Kier molecular flexibility index (Phi) is 11.0. The van der Waals surface area contributed by atoms with E-state index in [4.69, 9.17) is 0 Å². The number of benzene rings is 5. The molecule has 5 aromatic rings. The van der Waals surface area contributed by atoms with Crippen LogP contribution in [0.1, 0.15) is 60.6 Å². The molecule has 0 spiro atoms. The molecule has 0 unspecified atom stereocenters. The molecule has 6 rings (SSSR count). The van der Waals surface area contributed by atoms with Gasteiger partial charge >= 0.3 is 0 Å². The Morgan fingerprint density at radius 1 is 0.500 bits per heavy atom. The summed E-state index contributed by atoms with van der Waals surface area (Å²) in [6.07, 6.45) is 5.62. The highest BCUT2D eigenvalue weighted by Crippen LogP contribution is 2.42. The number of allylic oxidation sites excluding steroid dienone is 4. The number of hydrogen-bond donors (Lipinski definition) is 0. The molecule has 0 aliphatic heterocycles. The minimum atomic E-state index is 0.0240. The van der Waals surface area contributed by atoms with Crippen molar-refractivity contribution in [3.63, 3.8) is 0 Å². The van der Waals surface area contributed by atoms with Crippen LogP contribution in [0.4, 0.5) is 0 Å². The summed E-state index contributed by atoms with van der Waals surface area (Å²) in [5.74, 6) is 0. The van der Waals surface area contributed by atoms with Crippen LogP contribution in [0.25, 0.3) is 22.3 Å². The van der Waals surface area contributed by atoms with Crippen molar-refractivity contribution < 1.29 is 0 Å². The van der Waals surface area contributed by atoms with Crippen LogP contribution in [-0.4, -0.2) is 0 Å². The number of rotatable bonds is 4. The highest BCUT2D eigenvalue weighted by Gasteiger charge is 2.30. The first-order valence-corrected chi connectivity index (χ1v) is 15.8. The molecule has 0 aromatic heterocycles. The van der Waals surface area contributed by atoms with Gasteiger partial charge in [-0.25, -0.2) is 0 Å². The zero-order valence-electron chi connectivity index (χ0n) is 27.9. The summed E-state index contributed by atoms with van der Waals surface area (Å²) in [6, 6.07) is 43.0. The fourth-order valence-corrected chi connectivity index (χ4v) is 6.04. The SMILES string of the molecule is CC1=C(C(C)(C)c2cccc(-c3cc(-c4ccc(C)cc4)ccc3C)c2C)CC=C1.Cc1ccccc1.Cc1ccccc1. The van der Waals surface area contributed by atoms with E-state index in [0.717, 1.165) is 6.42 Å². The summed E-state index contributed by atoms with van der Waals surface area (Å²) in [5, 5.41) is 0. The maximum Gasteiger partial charge on any atom is 0.0117 e. The van der Waals surface area contributed by atoms with Gasteiger partial charge in [0.05, 0.1) is 0 Å². The van der Waals surface area contributed by atoms with Crippen molar-refractivity contribution in [3.05, 3.63) is 178 Å². The van der Waals surface area contributed by atoms with Crippen molar-refractivity contribution in [1.82, 2.24) is 0 Å². The highest BCUT2D eigenvalue weighted by molar-refractivity contribution is 5.78. The Bertz CT molecular complexity index is 1680. The molecular formula is C44H48. The molecule has 224 valence electrons. The fourth-order valence-electron chi connectivity index (χ4n) is 6.04. The lowest BCUT2D eigenvalue weighted by molar-refractivity contribution is 0.605. The first kappa shape index (κ1) is 32.5. The highest BCUT2D eigenvalue weighted by atomic mass is 14.3. The van der Waals surface area contributed by atoms with E-state index in [1.165, 1.54) is 66.8 Å². The molecular weight excluding hydrogens is 528 g/mol. The average Bonchev–Trinajstić information content (AvgIpc) is 3.46. The second-order valence-electron chi connectivity index (χ2n) is 12.6. The summed E-state index contributed by atoms with van der Waals surface area (Å²) in [6.45, 7) is 17.8. The quantitative estimate of drug-likeness (QED) is 0.200. The van der Waals surface area contributed by atoms with E-state index in [9.17, 15) is 0 Å². The van der Waals surface area contributed by atoms with Crippen LogP contribution in [0.2, 0.25) is 0 Å². The second-order valence-corrected chi connectivity index (χ2v) is 12.6. The Balaban J connectivity index is 0.000000257. The van der Waals surface area contributed by atoms with E-state index in [-0.39, 0.29) is 5.41 Å². The molecule has 5 aromatic carbocycles. The number of hydrogen-bond acceptors (Lipinski definition) is 0. The van der Waals surface area contributed by atoms with Crippen LogP contribution < -0.4 is 0 Å². The van der Waals surface area contributed by atoms with Crippen LogP contribution in [0, 0.1) is 34.6 Å². The molecule has 0 atom stereocenters. The van der Waals surface area contributed by atoms with E-state index in [1.54, 1.807) is 0 Å². The average molecular weight is 577 g/mol. The molecule has 1 aliphatic rings. The van der Waals surface area contributed by atoms with Crippen LogP contribution >= 0.6 is 0 Å². The standard InChI is InChI=1S/C30H32.2C7H8/c1-20-13-16-24(17-14-20)25-18-15-21(2)27(19-25)26-10-8-12-29(23(26)4)30(5,6)28-11-7-9-22(28)3;2*1-7-5-3-2-4-6-7/h7-10,12-19H,11H2,1-6H3;2*2-6H,1H3. The normalized spacial score (nSPS) is 12.3. The summed E-state index contributed by atoms with van der Waals surface area (Å²) in [5.41, 5.74) is 16.3. The molecule has 0 heterocycles. The van der Waals surface area contributed by atoms with Gasteiger partial charge in [0.15, 0.2) is 0 Å². The van der Waals surface area contributed by atoms with Crippen LogP contribution in [0.15, 0.2) is 145 Å². The van der Waals surface area contributed by atoms with Crippen molar-refractivity contribution in [2.45, 2.75) is 67.2 Å². The third-order valence-corrected chi connectivity index (χ3v) is 8.72. The molecule has 1 aliphatic carbocycles. The van der Waals surface area contributed by atoms with E-state index in [0.29, 0.717) is 0 Å². The van der Waals surface area contributed by atoms with Crippen molar-refractivity contribution in [3.8, 4) is 22.3 Å². The third kappa shape index (κ3) is 8.14. The van der Waals surface area contributed by atoms with Crippen LogP contribution in [-0.2, 0) is 5.41 Å². The van der Waals surface area contributed by atoms with E-state index < -0.39 is 0 Å². The molecule has 0 heteroatoms. The van der Waals surface area contributed by atoms with Gasteiger partial charge in [0, 0.05) is 5.41 Å². The summed E-state index contributed by atoms with van der Waals surface area (Å²) >= 11 is 0. The maximum atomic E-state index is 2.38. The van der Waals surface area contributed by atoms with Gasteiger partial charge in [-0.15, -0.1) is 0 Å². The molecule has 0 fully saturated rings. The van der Waals surface area contributed by atoms with Gasteiger partial charge < -0.3 is 0 Å². The Morgan fingerprint density at radius 2 is 1.05 bits per heavy atom. The van der Waals surface area contributed by atoms with E-state index in [2.05, 4.69) is 152 Å². The summed E-state index contributed by atoms with van der Waals surface area (Å²) in [4.78, 5) is 0. The van der Waals surface area contributed by atoms with Crippen molar-refractivity contribution in [2.24, 2.45) is 0 Å². The molecule has 0 N–H and O–H groups in total. The Labute approximate surface area is 266 Å². The Hall–Kier alpha value is -4.42. The Morgan fingerprint density at radius 3 is 1.55 bits per heavy atom. The van der Waals surface area contributed by atoms with Gasteiger partial charge in [-0.2, -0.15) is 0 Å². The molecule has 0 radical (unpaired) electrons. The minimum Gasteiger partial charge on any atom is -0.0802 e.